The van der Waals surface area contributed by atoms with Gasteiger partial charge in [0.25, 0.3) is 0 Å². The lowest BCUT2D eigenvalue weighted by Crippen LogP contribution is -2.09. The predicted molar refractivity (Wildman–Crippen MR) is 63.7 cm³/mol. The number of nitrogens with zero attached hydrogens (tertiary/aromatic N) is 2. The molecular formula is C11H10ClN3O2. The van der Waals surface area contributed by atoms with Crippen LogP contribution in [0.5, 0.6) is 0 Å². The van der Waals surface area contributed by atoms with Crippen LogP contribution in [0.2, 0.25) is 5.02 Å². The van der Waals surface area contributed by atoms with Crippen LogP contribution in [0.1, 0.15) is 13.3 Å². The van der Waals surface area contributed by atoms with Gasteiger partial charge in [0.15, 0.2) is 0 Å². The third kappa shape index (κ3) is 2.82. The fraction of sp³-hybridized carbons (Fsp3) is 0.182. The lowest BCUT2D eigenvalue weighted by atomic mass is 10.2. The number of halogens is 1. The van der Waals surface area contributed by atoms with E-state index in [0.717, 1.165) is 0 Å². The van der Waals surface area contributed by atoms with Gasteiger partial charge in [0.1, 0.15) is 0 Å². The second-order valence-electron chi connectivity index (χ2n) is 3.32. The summed E-state index contributed by atoms with van der Waals surface area (Å²) in [4.78, 5) is 11.1. The molecule has 88 valence electrons. The van der Waals surface area contributed by atoms with Crippen molar-refractivity contribution in [3.8, 4) is 11.5 Å². The van der Waals surface area contributed by atoms with Crippen LogP contribution in [-0.2, 0) is 4.79 Å². The zero-order valence-electron chi connectivity index (χ0n) is 9.11. The van der Waals surface area contributed by atoms with E-state index in [2.05, 4.69) is 15.5 Å². The summed E-state index contributed by atoms with van der Waals surface area (Å²) in [5.74, 6) is 0.144. The van der Waals surface area contributed by atoms with Crippen LogP contribution >= 0.6 is 11.6 Å². The Morgan fingerprint density at radius 3 is 3.00 bits per heavy atom. The van der Waals surface area contributed by atoms with Crippen LogP contribution in [0, 0.1) is 0 Å². The lowest BCUT2D eigenvalue weighted by molar-refractivity contribution is -0.116. The summed E-state index contributed by atoms with van der Waals surface area (Å²) < 4.78 is 5.28. The first-order valence-corrected chi connectivity index (χ1v) is 5.46. The molecule has 1 amide bonds. The van der Waals surface area contributed by atoms with Crippen molar-refractivity contribution in [3.05, 3.63) is 29.3 Å². The van der Waals surface area contributed by atoms with E-state index in [4.69, 9.17) is 16.0 Å². The maximum Gasteiger partial charge on any atom is 0.322 e. The second kappa shape index (κ2) is 4.97. The third-order valence-corrected chi connectivity index (χ3v) is 2.30. The molecule has 0 saturated carbocycles. The van der Waals surface area contributed by atoms with Gasteiger partial charge in [-0.05, 0) is 18.2 Å². The minimum Gasteiger partial charge on any atom is -0.403 e. The predicted octanol–water partition coefficient (Wildman–Crippen LogP) is 2.74. The average molecular weight is 252 g/mol. The smallest absolute Gasteiger partial charge is 0.322 e. The fourth-order valence-electron chi connectivity index (χ4n) is 1.22. The van der Waals surface area contributed by atoms with E-state index in [1.807, 2.05) is 0 Å². The standard InChI is InChI=1S/C11H10ClN3O2/c1-2-9(16)13-11-15-14-10(17-11)7-4-3-5-8(12)6-7/h3-6H,2H2,1H3,(H,13,15,16). The quantitative estimate of drug-likeness (QED) is 0.911. The third-order valence-electron chi connectivity index (χ3n) is 2.06. The minimum absolute atomic E-state index is 0.0897. The molecule has 1 heterocycles. The van der Waals surface area contributed by atoms with Crippen molar-refractivity contribution in [2.75, 3.05) is 5.32 Å². The van der Waals surface area contributed by atoms with E-state index in [9.17, 15) is 4.79 Å². The van der Waals surface area contributed by atoms with Crippen molar-refractivity contribution < 1.29 is 9.21 Å². The number of carbonyl (C=O) groups excluding carboxylic acids is 1. The molecule has 1 N–H and O–H groups in total. The van der Waals surface area contributed by atoms with Gasteiger partial charge >= 0.3 is 6.01 Å². The summed E-state index contributed by atoms with van der Waals surface area (Å²) >= 11 is 5.85. The largest absolute Gasteiger partial charge is 0.403 e. The van der Waals surface area contributed by atoms with Crippen molar-refractivity contribution in [2.24, 2.45) is 0 Å². The molecule has 2 rings (SSSR count). The van der Waals surface area contributed by atoms with Crippen molar-refractivity contribution in [3.63, 3.8) is 0 Å². The molecule has 0 aliphatic heterocycles. The van der Waals surface area contributed by atoms with E-state index in [1.165, 1.54) is 0 Å². The van der Waals surface area contributed by atoms with Gasteiger partial charge in [-0.25, -0.2) is 0 Å². The van der Waals surface area contributed by atoms with Gasteiger partial charge < -0.3 is 4.42 Å². The molecule has 0 aliphatic rings. The first-order chi connectivity index (χ1) is 8.19. The molecule has 0 atom stereocenters. The SMILES string of the molecule is CCC(=O)Nc1nnc(-c2cccc(Cl)c2)o1. The summed E-state index contributed by atoms with van der Waals surface area (Å²) in [6, 6.07) is 7.13. The Morgan fingerprint density at radius 1 is 1.47 bits per heavy atom. The summed E-state index contributed by atoms with van der Waals surface area (Å²) in [5, 5.41) is 10.6. The summed E-state index contributed by atoms with van der Waals surface area (Å²) in [6.07, 6.45) is 0.356. The number of benzene rings is 1. The van der Waals surface area contributed by atoms with E-state index in [-0.39, 0.29) is 11.9 Å². The van der Waals surface area contributed by atoms with Crippen LogP contribution in [0.4, 0.5) is 6.01 Å². The van der Waals surface area contributed by atoms with Crippen LogP contribution in [0.3, 0.4) is 0 Å². The normalized spacial score (nSPS) is 10.2. The van der Waals surface area contributed by atoms with Gasteiger partial charge in [-0.3, -0.25) is 10.1 Å². The van der Waals surface area contributed by atoms with Gasteiger partial charge in [0, 0.05) is 17.0 Å². The maximum atomic E-state index is 11.1. The van der Waals surface area contributed by atoms with Gasteiger partial charge in [-0.1, -0.05) is 29.7 Å². The Balaban J connectivity index is 2.21. The highest BCUT2D eigenvalue weighted by Gasteiger charge is 2.10. The van der Waals surface area contributed by atoms with Gasteiger partial charge in [0.05, 0.1) is 0 Å². The number of aromatic nitrogens is 2. The molecule has 5 nitrogen and oxygen atoms in total. The number of anilines is 1. The summed E-state index contributed by atoms with van der Waals surface area (Å²) in [6.45, 7) is 1.74. The minimum atomic E-state index is -0.175. The Kier molecular flexibility index (Phi) is 3.39. The maximum absolute atomic E-state index is 11.1. The highest BCUT2D eigenvalue weighted by atomic mass is 35.5. The molecule has 0 saturated heterocycles. The highest BCUT2D eigenvalue weighted by molar-refractivity contribution is 6.30. The molecule has 1 aromatic heterocycles. The van der Waals surface area contributed by atoms with Gasteiger partial charge in [-0.15, -0.1) is 5.10 Å². The van der Waals surface area contributed by atoms with Crippen molar-refractivity contribution in [2.45, 2.75) is 13.3 Å². The highest BCUT2D eigenvalue weighted by Crippen LogP contribution is 2.22. The summed E-state index contributed by atoms with van der Waals surface area (Å²) in [7, 11) is 0. The number of nitrogens with one attached hydrogen (secondary N) is 1. The van der Waals surface area contributed by atoms with Crippen molar-refractivity contribution in [1.82, 2.24) is 10.2 Å². The Hall–Kier alpha value is -1.88. The van der Waals surface area contributed by atoms with Gasteiger partial charge in [-0.2, -0.15) is 0 Å². The number of amides is 1. The Labute approximate surface area is 103 Å². The van der Waals surface area contributed by atoms with Crippen LogP contribution in [0.15, 0.2) is 28.7 Å². The van der Waals surface area contributed by atoms with E-state index in [0.29, 0.717) is 22.9 Å². The van der Waals surface area contributed by atoms with Crippen molar-refractivity contribution >= 4 is 23.5 Å². The molecule has 0 fully saturated rings. The number of hydrogen-bond acceptors (Lipinski definition) is 4. The number of rotatable bonds is 3. The molecule has 1 aromatic carbocycles. The first kappa shape index (κ1) is 11.6. The van der Waals surface area contributed by atoms with Crippen molar-refractivity contribution in [1.29, 1.82) is 0 Å². The molecule has 0 unspecified atom stereocenters. The topological polar surface area (TPSA) is 68.0 Å². The first-order valence-electron chi connectivity index (χ1n) is 5.08. The number of hydrogen-bond donors (Lipinski definition) is 1. The van der Waals surface area contributed by atoms with Crippen LogP contribution in [0.25, 0.3) is 11.5 Å². The number of carbonyl (C=O) groups is 1. The molecule has 17 heavy (non-hydrogen) atoms. The van der Waals surface area contributed by atoms with E-state index < -0.39 is 0 Å². The van der Waals surface area contributed by atoms with Crippen LogP contribution < -0.4 is 5.32 Å². The molecule has 0 bridgehead atoms. The fourth-order valence-corrected chi connectivity index (χ4v) is 1.41. The zero-order valence-corrected chi connectivity index (χ0v) is 9.86. The molecule has 0 aliphatic carbocycles. The molecular weight excluding hydrogens is 242 g/mol. The van der Waals surface area contributed by atoms with Crippen LogP contribution in [-0.4, -0.2) is 16.1 Å². The lowest BCUT2D eigenvalue weighted by Gasteiger charge is -1.96. The Bertz CT molecular complexity index is 539. The molecule has 2 aromatic rings. The van der Waals surface area contributed by atoms with E-state index >= 15 is 0 Å². The molecule has 6 heteroatoms. The van der Waals surface area contributed by atoms with E-state index in [1.54, 1.807) is 31.2 Å². The summed E-state index contributed by atoms with van der Waals surface area (Å²) in [5.41, 5.74) is 0.710. The average Bonchev–Trinajstić information content (AvgIpc) is 2.77. The molecule has 0 radical (unpaired) electrons. The monoisotopic (exact) mass is 251 g/mol. The zero-order chi connectivity index (χ0) is 12.3. The molecule has 0 spiro atoms. The Morgan fingerprint density at radius 2 is 2.29 bits per heavy atom. The second-order valence-corrected chi connectivity index (χ2v) is 3.76. The van der Waals surface area contributed by atoms with Gasteiger partial charge in [0.2, 0.25) is 11.8 Å².